The van der Waals surface area contributed by atoms with Gasteiger partial charge in [0.2, 0.25) is 0 Å². The van der Waals surface area contributed by atoms with E-state index in [0.29, 0.717) is 31.0 Å². The van der Waals surface area contributed by atoms with Gasteiger partial charge in [0.1, 0.15) is 0 Å². The molecule has 1 aromatic rings. The van der Waals surface area contributed by atoms with Gasteiger partial charge < -0.3 is 15.4 Å². The van der Waals surface area contributed by atoms with E-state index in [0.717, 1.165) is 5.56 Å². The molecule has 0 atom stereocenters. The van der Waals surface area contributed by atoms with Crippen LogP contribution in [0.2, 0.25) is 0 Å². The van der Waals surface area contributed by atoms with Gasteiger partial charge in [-0.15, -0.1) is 0 Å². The molecule has 1 fully saturated rings. The Morgan fingerprint density at radius 3 is 2.78 bits per heavy atom. The Morgan fingerprint density at radius 2 is 2.17 bits per heavy atom. The van der Waals surface area contributed by atoms with Crippen molar-refractivity contribution in [2.75, 3.05) is 25.5 Å². The quantitative estimate of drug-likeness (QED) is 0.771. The predicted molar refractivity (Wildman–Crippen MR) is 71.5 cm³/mol. The van der Waals surface area contributed by atoms with Crippen LogP contribution in [0, 0.1) is 6.92 Å². The topological polar surface area (TPSA) is 55.6 Å². The van der Waals surface area contributed by atoms with Crippen LogP contribution in [-0.2, 0) is 4.74 Å². The number of nitrogens with zero attached hydrogens (tertiary/aromatic N) is 1. The number of hydrogen-bond acceptors (Lipinski definition) is 3. The van der Waals surface area contributed by atoms with Gasteiger partial charge in [-0.1, -0.05) is 0 Å². The fourth-order valence-electron chi connectivity index (χ4n) is 2.20. The van der Waals surface area contributed by atoms with Gasteiger partial charge in [0, 0.05) is 17.8 Å². The van der Waals surface area contributed by atoms with Crippen molar-refractivity contribution in [2.45, 2.75) is 26.3 Å². The van der Waals surface area contributed by atoms with Crippen molar-refractivity contribution in [3.05, 3.63) is 29.3 Å². The number of benzene rings is 1. The monoisotopic (exact) mass is 248 g/mol. The molecule has 2 rings (SSSR count). The Balaban J connectivity index is 2.27. The number of hydrogen-bond donors (Lipinski definition) is 1. The highest BCUT2D eigenvalue weighted by molar-refractivity contribution is 5.95. The summed E-state index contributed by atoms with van der Waals surface area (Å²) in [6.45, 7) is 7.77. The molecule has 0 aromatic heterocycles. The number of nitrogens with two attached hydrogens (primary N) is 1. The standard InChI is InChI=1S/C14H20N2O2/c1-10-8-11(4-5-12(10)15)13(17)16-6-7-18-9-14(16,2)3/h4-5,8H,6-7,9,15H2,1-3H3. The van der Waals surface area contributed by atoms with Crippen LogP contribution < -0.4 is 5.73 Å². The lowest BCUT2D eigenvalue weighted by Crippen LogP contribution is -2.55. The number of rotatable bonds is 1. The maximum Gasteiger partial charge on any atom is 0.254 e. The highest BCUT2D eigenvalue weighted by Crippen LogP contribution is 2.23. The average molecular weight is 248 g/mol. The molecular formula is C14H20N2O2. The molecule has 0 bridgehead atoms. The van der Waals surface area contributed by atoms with E-state index in [2.05, 4.69) is 0 Å². The molecule has 2 N–H and O–H groups in total. The molecule has 1 heterocycles. The number of morpholine rings is 1. The second-order valence-corrected chi connectivity index (χ2v) is 5.39. The summed E-state index contributed by atoms with van der Waals surface area (Å²) in [4.78, 5) is 14.4. The van der Waals surface area contributed by atoms with Gasteiger partial charge in [0.15, 0.2) is 0 Å². The maximum atomic E-state index is 12.5. The minimum absolute atomic E-state index is 0.0476. The molecule has 0 radical (unpaired) electrons. The molecule has 98 valence electrons. The summed E-state index contributed by atoms with van der Waals surface area (Å²) in [5.74, 6) is 0.0476. The zero-order valence-electron chi connectivity index (χ0n) is 11.2. The first-order valence-corrected chi connectivity index (χ1v) is 6.18. The molecule has 18 heavy (non-hydrogen) atoms. The second kappa shape index (κ2) is 4.61. The third kappa shape index (κ3) is 2.34. The first kappa shape index (κ1) is 12.9. The molecule has 0 spiro atoms. The summed E-state index contributed by atoms with van der Waals surface area (Å²) in [6.07, 6.45) is 0. The Hall–Kier alpha value is -1.55. The average Bonchev–Trinajstić information content (AvgIpc) is 2.31. The number of amides is 1. The van der Waals surface area contributed by atoms with Gasteiger partial charge in [0.05, 0.1) is 18.8 Å². The minimum Gasteiger partial charge on any atom is -0.399 e. The summed E-state index contributed by atoms with van der Waals surface area (Å²) < 4.78 is 5.43. The summed E-state index contributed by atoms with van der Waals surface area (Å²) >= 11 is 0. The van der Waals surface area contributed by atoms with Gasteiger partial charge in [-0.3, -0.25) is 4.79 Å². The minimum atomic E-state index is -0.259. The summed E-state index contributed by atoms with van der Waals surface area (Å²) in [6, 6.07) is 5.43. The summed E-state index contributed by atoms with van der Waals surface area (Å²) in [5.41, 5.74) is 7.86. The molecule has 0 saturated carbocycles. The smallest absolute Gasteiger partial charge is 0.254 e. The van der Waals surface area contributed by atoms with E-state index >= 15 is 0 Å². The van der Waals surface area contributed by atoms with Crippen LogP contribution in [0.15, 0.2) is 18.2 Å². The van der Waals surface area contributed by atoms with Crippen molar-refractivity contribution < 1.29 is 9.53 Å². The number of ether oxygens (including phenoxy) is 1. The maximum absolute atomic E-state index is 12.5. The largest absolute Gasteiger partial charge is 0.399 e. The Bertz CT molecular complexity index is 469. The number of carbonyl (C=O) groups excluding carboxylic acids is 1. The number of nitrogen functional groups attached to an aromatic ring is 1. The van der Waals surface area contributed by atoms with Crippen molar-refractivity contribution in [3.8, 4) is 0 Å². The van der Waals surface area contributed by atoms with Gasteiger partial charge >= 0.3 is 0 Å². The van der Waals surface area contributed by atoms with Gasteiger partial charge in [-0.25, -0.2) is 0 Å². The molecule has 4 nitrogen and oxygen atoms in total. The van der Waals surface area contributed by atoms with Gasteiger partial charge in [-0.05, 0) is 44.5 Å². The SMILES string of the molecule is Cc1cc(C(=O)N2CCOCC2(C)C)ccc1N. The molecular weight excluding hydrogens is 228 g/mol. The Labute approximate surface area is 108 Å². The van der Waals surface area contributed by atoms with Crippen LogP contribution in [0.5, 0.6) is 0 Å². The lowest BCUT2D eigenvalue weighted by Gasteiger charge is -2.42. The van der Waals surface area contributed by atoms with E-state index in [-0.39, 0.29) is 11.4 Å². The lowest BCUT2D eigenvalue weighted by atomic mass is 10.00. The first-order chi connectivity index (χ1) is 8.42. The first-order valence-electron chi connectivity index (χ1n) is 6.18. The van der Waals surface area contributed by atoms with Crippen molar-refractivity contribution in [1.29, 1.82) is 0 Å². The van der Waals surface area contributed by atoms with E-state index < -0.39 is 0 Å². The zero-order valence-corrected chi connectivity index (χ0v) is 11.2. The van der Waals surface area contributed by atoms with E-state index in [1.165, 1.54) is 0 Å². The third-order valence-electron chi connectivity index (χ3n) is 3.41. The predicted octanol–water partition coefficient (Wildman–Crippen LogP) is 1.83. The summed E-state index contributed by atoms with van der Waals surface area (Å²) in [7, 11) is 0. The van der Waals surface area contributed by atoms with Gasteiger partial charge in [0.25, 0.3) is 5.91 Å². The van der Waals surface area contributed by atoms with Crippen LogP contribution in [0.3, 0.4) is 0 Å². The Morgan fingerprint density at radius 1 is 1.44 bits per heavy atom. The molecule has 1 saturated heterocycles. The van der Waals surface area contributed by atoms with Crippen LogP contribution in [-0.4, -0.2) is 36.1 Å². The highest BCUT2D eigenvalue weighted by atomic mass is 16.5. The van der Waals surface area contributed by atoms with Crippen LogP contribution >= 0.6 is 0 Å². The molecule has 1 aliphatic heterocycles. The molecule has 1 aromatic carbocycles. The van der Waals surface area contributed by atoms with E-state index in [1.807, 2.05) is 31.7 Å². The van der Waals surface area contributed by atoms with Crippen LogP contribution in [0.1, 0.15) is 29.8 Å². The summed E-state index contributed by atoms with van der Waals surface area (Å²) in [5, 5.41) is 0. The fourth-order valence-corrected chi connectivity index (χ4v) is 2.20. The second-order valence-electron chi connectivity index (χ2n) is 5.39. The van der Waals surface area contributed by atoms with Crippen molar-refractivity contribution in [3.63, 3.8) is 0 Å². The number of anilines is 1. The van der Waals surface area contributed by atoms with Crippen molar-refractivity contribution >= 4 is 11.6 Å². The van der Waals surface area contributed by atoms with E-state index in [4.69, 9.17) is 10.5 Å². The lowest BCUT2D eigenvalue weighted by molar-refractivity contribution is -0.0370. The van der Waals surface area contributed by atoms with Crippen LogP contribution in [0.4, 0.5) is 5.69 Å². The van der Waals surface area contributed by atoms with Crippen molar-refractivity contribution in [1.82, 2.24) is 4.90 Å². The third-order valence-corrected chi connectivity index (χ3v) is 3.41. The molecule has 0 aliphatic carbocycles. The fraction of sp³-hybridized carbons (Fsp3) is 0.500. The number of carbonyl (C=O) groups is 1. The normalized spacial score (nSPS) is 18.7. The van der Waals surface area contributed by atoms with E-state index in [1.54, 1.807) is 12.1 Å². The molecule has 1 amide bonds. The van der Waals surface area contributed by atoms with E-state index in [9.17, 15) is 4.79 Å². The highest BCUT2D eigenvalue weighted by Gasteiger charge is 2.34. The van der Waals surface area contributed by atoms with Gasteiger partial charge in [-0.2, -0.15) is 0 Å². The molecule has 4 heteroatoms. The molecule has 0 unspecified atom stereocenters. The van der Waals surface area contributed by atoms with Crippen molar-refractivity contribution in [2.24, 2.45) is 0 Å². The Kier molecular flexibility index (Phi) is 3.30. The zero-order chi connectivity index (χ0) is 13.3. The molecule has 1 aliphatic rings. The number of aryl methyl sites for hydroxylation is 1. The van der Waals surface area contributed by atoms with Crippen LogP contribution in [0.25, 0.3) is 0 Å².